The van der Waals surface area contributed by atoms with Crippen LogP contribution in [-0.2, 0) is 6.54 Å². The van der Waals surface area contributed by atoms with Crippen LogP contribution in [0, 0.1) is 38.7 Å². The molecule has 0 radical (unpaired) electrons. The molecule has 0 bridgehead atoms. The SMILES string of the molecule is N#CCCC(C#N)Cn1cnc(-c2cccc([N+](=O)[O-])c2)n1. The van der Waals surface area contributed by atoms with Crippen LogP contribution >= 0.6 is 0 Å². The smallest absolute Gasteiger partial charge is 0.258 e. The van der Waals surface area contributed by atoms with Crippen LogP contribution in [-0.4, -0.2) is 19.7 Å². The molecule has 0 spiro atoms. The Bertz CT molecular complexity index is 755. The minimum absolute atomic E-state index is 0.0298. The van der Waals surface area contributed by atoms with Gasteiger partial charge in [0.1, 0.15) is 6.33 Å². The Morgan fingerprint density at radius 1 is 1.41 bits per heavy atom. The first-order valence-electron chi connectivity index (χ1n) is 6.55. The van der Waals surface area contributed by atoms with Crippen molar-refractivity contribution in [3.05, 3.63) is 40.7 Å². The fourth-order valence-corrected chi connectivity index (χ4v) is 1.93. The van der Waals surface area contributed by atoms with Crippen LogP contribution in [0.5, 0.6) is 0 Å². The first-order chi connectivity index (χ1) is 10.6. The van der Waals surface area contributed by atoms with Gasteiger partial charge in [-0.05, 0) is 6.42 Å². The summed E-state index contributed by atoms with van der Waals surface area (Å²) in [5, 5.41) is 32.6. The molecule has 0 aliphatic heterocycles. The highest BCUT2D eigenvalue weighted by Crippen LogP contribution is 2.20. The Morgan fingerprint density at radius 3 is 2.91 bits per heavy atom. The fraction of sp³-hybridized carbons (Fsp3) is 0.286. The predicted octanol–water partition coefficient (Wildman–Crippen LogP) is 2.30. The van der Waals surface area contributed by atoms with Gasteiger partial charge in [0.2, 0.25) is 0 Å². The van der Waals surface area contributed by atoms with Crippen LogP contribution in [0.25, 0.3) is 11.4 Å². The summed E-state index contributed by atoms with van der Waals surface area (Å²) in [6.07, 6.45) is 2.26. The number of nitrogens with zero attached hydrogens (tertiary/aromatic N) is 6. The molecule has 0 N–H and O–H groups in total. The zero-order chi connectivity index (χ0) is 15.9. The molecule has 1 unspecified atom stereocenters. The minimum Gasteiger partial charge on any atom is -0.258 e. The van der Waals surface area contributed by atoms with Crippen molar-refractivity contribution in [1.29, 1.82) is 10.5 Å². The van der Waals surface area contributed by atoms with Crippen molar-refractivity contribution in [3.63, 3.8) is 0 Å². The van der Waals surface area contributed by atoms with Crippen LogP contribution in [0.1, 0.15) is 12.8 Å². The van der Waals surface area contributed by atoms with Crippen LogP contribution < -0.4 is 0 Å². The molecule has 8 heteroatoms. The van der Waals surface area contributed by atoms with Gasteiger partial charge in [-0.15, -0.1) is 0 Å². The number of nitro benzene ring substituents is 1. The first kappa shape index (κ1) is 15.1. The van der Waals surface area contributed by atoms with Crippen LogP contribution in [0.2, 0.25) is 0 Å². The zero-order valence-corrected chi connectivity index (χ0v) is 11.6. The fourth-order valence-electron chi connectivity index (χ4n) is 1.93. The van der Waals surface area contributed by atoms with E-state index in [0.29, 0.717) is 30.8 Å². The molecule has 0 aliphatic rings. The molecular formula is C14H12N6O2. The molecule has 2 aromatic rings. The lowest BCUT2D eigenvalue weighted by atomic mass is 10.1. The highest BCUT2D eigenvalue weighted by molar-refractivity contribution is 5.58. The van der Waals surface area contributed by atoms with Gasteiger partial charge < -0.3 is 0 Å². The van der Waals surface area contributed by atoms with E-state index in [0.717, 1.165) is 0 Å². The molecule has 0 saturated carbocycles. The van der Waals surface area contributed by atoms with Crippen molar-refractivity contribution in [2.75, 3.05) is 0 Å². The van der Waals surface area contributed by atoms with Gasteiger partial charge >= 0.3 is 0 Å². The standard InChI is InChI=1S/C14H12N6O2/c15-6-2-3-11(8-16)9-19-10-17-14(18-19)12-4-1-5-13(7-12)20(21)22/h1,4-5,7,10-11H,2-3,9H2. The molecule has 2 rings (SSSR count). The maximum Gasteiger partial charge on any atom is 0.270 e. The molecule has 1 heterocycles. The van der Waals surface area contributed by atoms with E-state index in [2.05, 4.69) is 16.2 Å². The lowest BCUT2D eigenvalue weighted by Crippen LogP contribution is -2.09. The lowest BCUT2D eigenvalue weighted by molar-refractivity contribution is -0.384. The summed E-state index contributed by atoms with van der Waals surface area (Å²) >= 11 is 0. The molecule has 22 heavy (non-hydrogen) atoms. The zero-order valence-electron chi connectivity index (χ0n) is 11.6. The molecule has 1 aromatic heterocycles. The Kier molecular flexibility index (Phi) is 4.78. The second-order valence-corrected chi connectivity index (χ2v) is 4.62. The summed E-state index contributed by atoms with van der Waals surface area (Å²) in [5.74, 6) is 0.0417. The average molecular weight is 296 g/mol. The van der Waals surface area contributed by atoms with E-state index >= 15 is 0 Å². The average Bonchev–Trinajstić information content (AvgIpc) is 3.00. The van der Waals surface area contributed by atoms with Crippen molar-refractivity contribution >= 4 is 5.69 Å². The van der Waals surface area contributed by atoms with Gasteiger partial charge in [-0.3, -0.25) is 14.8 Å². The first-order valence-corrected chi connectivity index (χ1v) is 6.55. The van der Waals surface area contributed by atoms with E-state index < -0.39 is 4.92 Å². The molecule has 0 fully saturated rings. The molecule has 0 amide bonds. The third-order valence-electron chi connectivity index (χ3n) is 3.05. The Hall–Kier alpha value is -3.26. The van der Waals surface area contributed by atoms with Gasteiger partial charge in [-0.25, -0.2) is 4.98 Å². The summed E-state index contributed by atoms with van der Waals surface area (Å²) in [4.78, 5) is 14.4. The Morgan fingerprint density at radius 2 is 2.23 bits per heavy atom. The molecule has 0 saturated heterocycles. The molecule has 1 aromatic carbocycles. The van der Waals surface area contributed by atoms with Gasteiger partial charge in [0.15, 0.2) is 5.82 Å². The summed E-state index contributed by atoms with van der Waals surface area (Å²) in [6, 6.07) is 10.2. The third kappa shape index (κ3) is 3.64. The van der Waals surface area contributed by atoms with Gasteiger partial charge in [0.25, 0.3) is 5.69 Å². The summed E-state index contributed by atoms with van der Waals surface area (Å²) in [7, 11) is 0. The van der Waals surface area contributed by atoms with Crippen LogP contribution in [0.15, 0.2) is 30.6 Å². The van der Waals surface area contributed by atoms with E-state index in [9.17, 15) is 10.1 Å². The molecule has 0 aliphatic carbocycles. The third-order valence-corrected chi connectivity index (χ3v) is 3.05. The number of rotatable bonds is 6. The van der Waals surface area contributed by atoms with Gasteiger partial charge in [-0.2, -0.15) is 15.6 Å². The van der Waals surface area contributed by atoms with Crippen molar-refractivity contribution in [1.82, 2.24) is 14.8 Å². The topological polar surface area (TPSA) is 121 Å². The van der Waals surface area contributed by atoms with Crippen molar-refractivity contribution in [2.24, 2.45) is 5.92 Å². The van der Waals surface area contributed by atoms with E-state index in [4.69, 9.17) is 10.5 Å². The highest BCUT2D eigenvalue weighted by atomic mass is 16.6. The second-order valence-electron chi connectivity index (χ2n) is 4.62. The molecule has 1 atom stereocenters. The quantitative estimate of drug-likeness (QED) is 0.595. The number of nitro groups is 1. The second kappa shape index (κ2) is 6.95. The maximum absolute atomic E-state index is 10.8. The number of benzene rings is 1. The highest BCUT2D eigenvalue weighted by Gasteiger charge is 2.13. The van der Waals surface area contributed by atoms with E-state index in [1.807, 2.05) is 6.07 Å². The lowest BCUT2D eigenvalue weighted by Gasteiger charge is -2.05. The predicted molar refractivity (Wildman–Crippen MR) is 76.1 cm³/mol. The van der Waals surface area contributed by atoms with Gasteiger partial charge in [-0.1, -0.05) is 12.1 Å². The van der Waals surface area contributed by atoms with Crippen LogP contribution in [0.4, 0.5) is 5.69 Å². The normalized spacial score (nSPS) is 11.4. The van der Waals surface area contributed by atoms with E-state index in [1.54, 1.807) is 12.1 Å². The molecule has 8 nitrogen and oxygen atoms in total. The van der Waals surface area contributed by atoms with E-state index in [1.165, 1.54) is 23.1 Å². The molecular weight excluding hydrogens is 284 g/mol. The number of hydrogen-bond donors (Lipinski definition) is 0. The monoisotopic (exact) mass is 296 g/mol. The van der Waals surface area contributed by atoms with Gasteiger partial charge in [0.05, 0.1) is 29.5 Å². The largest absolute Gasteiger partial charge is 0.270 e. The maximum atomic E-state index is 10.8. The van der Waals surface area contributed by atoms with Gasteiger partial charge in [0, 0.05) is 24.1 Å². The Balaban J connectivity index is 2.15. The number of non-ortho nitro benzene ring substituents is 1. The van der Waals surface area contributed by atoms with Crippen LogP contribution in [0.3, 0.4) is 0 Å². The summed E-state index contributed by atoms with van der Waals surface area (Å²) in [6.45, 7) is 0.333. The number of hydrogen-bond acceptors (Lipinski definition) is 6. The minimum atomic E-state index is -0.478. The van der Waals surface area contributed by atoms with Crippen molar-refractivity contribution < 1.29 is 4.92 Å². The number of nitriles is 2. The van der Waals surface area contributed by atoms with E-state index in [-0.39, 0.29) is 11.6 Å². The molecule has 110 valence electrons. The van der Waals surface area contributed by atoms with Crippen molar-refractivity contribution in [2.45, 2.75) is 19.4 Å². The summed E-state index contributed by atoms with van der Waals surface area (Å²) in [5.41, 5.74) is 0.510. The van der Waals surface area contributed by atoms with Crippen molar-refractivity contribution in [3.8, 4) is 23.5 Å². The Labute approximate surface area is 126 Å². The summed E-state index contributed by atoms with van der Waals surface area (Å²) < 4.78 is 1.51. The number of aromatic nitrogens is 3.